The summed E-state index contributed by atoms with van der Waals surface area (Å²) in [6, 6.07) is 0. The minimum absolute atomic E-state index is 0.0415. The predicted molar refractivity (Wildman–Crippen MR) is 65.9 cm³/mol. The molecule has 88 valence electrons. The Kier molecular flexibility index (Phi) is 2.05. The zero-order chi connectivity index (χ0) is 11.4. The van der Waals surface area contributed by atoms with E-state index in [2.05, 4.69) is 39.2 Å². The summed E-state index contributed by atoms with van der Waals surface area (Å²) in [5, 5.41) is 0. The van der Waals surface area contributed by atoms with Crippen LogP contribution in [0.5, 0.6) is 0 Å². The minimum atomic E-state index is 0.0415. The van der Waals surface area contributed by atoms with Crippen LogP contribution in [0.1, 0.15) is 46.5 Å². The standard InChI is InChI=1S/C15H22O/c1-14(2)13-6-8-15(3)7-4-5-11(10-16-14)12(13)9-15/h4,7,10,12-13H,5-6,8-9H2,1-3H3/t12-,13-,15+/m1/s1. The third kappa shape index (κ3) is 1.44. The molecule has 0 aromatic heterocycles. The second-order valence-corrected chi connectivity index (χ2v) is 6.63. The van der Waals surface area contributed by atoms with Gasteiger partial charge < -0.3 is 4.74 Å². The van der Waals surface area contributed by atoms with Crippen molar-refractivity contribution in [1.82, 2.24) is 0 Å². The smallest absolute Gasteiger partial charge is 0.106 e. The predicted octanol–water partition coefficient (Wildman–Crippen LogP) is 4.06. The van der Waals surface area contributed by atoms with Crippen molar-refractivity contribution in [3.05, 3.63) is 24.0 Å². The van der Waals surface area contributed by atoms with Gasteiger partial charge in [0.15, 0.2) is 0 Å². The van der Waals surface area contributed by atoms with Crippen molar-refractivity contribution in [2.45, 2.75) is 52.1 Å². The molecule has 0 radical (unpaired) electrons. The first-order valence-corrected chi connectivity index (χ1v) is 6.55. The van der Waals surface area contributed by atoms with E-state index >= 15 is 0 Å². The van der Waals surface area contributed by atoms with Gasteiger partial charge in [-0.3, -0.25) is 0 Å². The van der Waals surface area contributed by atoms with Gasteiger partial charge in [0.05, 0.1) is 6.26 Å². The Balaban J connectivity index is 2.02. The Morgan fingerprint density at radius 2 is 2.12 bits per heavy atom. The molecule has 1 fully saturated rings. The van der Waals surface area contributed by atoms with Crippen LogP contribution >= 0.6 is 0 Å². The van der Waals surface area contributed by atoms with E-state index in [1.165, 1.54) is 24.8 Å². The molecular weight excluding hydrogens is 196 g/mol. The Bertz CT molecular complexity index is 364. The van der Waals surface area contributed by atoms with Gasteiger partial charge in [-0.2, -0.15) is 0 Å². The van der Waals surface area contributed by atoms with E-state index < -0.39 is 0 Å². The van der Waals surface area contributed by atoms with Gasteiger partial charge in [-0.1, -0.05) is 19.1 Å². The topological polar surface area (TPSA) is 9.23 Å². The summed E-state index contributed by atoms with van der Waals surface area (Å²) in [5.74, 6) is 1.48. The third-order valence-corrected chi connectivity index (χ3v) is 4.96. The normalized spacial score (nSPS) is 44.3. The van der Waals surface area contributed by atoms with Gasteiger partial charge in [0, 0.05) is 5.92 Å². The Morgan fingerprint density at radius 3 is 2.94 bits per heavy atom. The number of ether oxygens (including phenoxy) is 1. The number of fused-ring (bicyclic) bond motifs is 1. The van der Waals surface area contributed by atoms with E-state index in [0.29, 0.717) is 5.41 Å². The second kappa shape index (κ2) is 3.15. The summed E-state index contributed by atoms with van der Waals surface area (Å²) >= 11 is 0. The lowest BCUT2D eigenvalue weighted by Crippen LogP contribution is -2.46. The van der Waals surface area contributed by atoms with Gasteiger partial charge in [-0.25, -0.2) is 0 Å². The van der Waals surface area contributed by atoms with E-state index in [4.69, 9.17) is 4.74 Å². The van der Waals surface area contributed by atoms with E-state index in [0.717, 1.165) is 18.3 Å². The fourth-order valence-corrected chi connectivity index (χ4v) is 3.89. The van der Waals surface area contributed by atoms with Crippen LogP contribution in [0.4, 0.5) is 0 Å². The highest BCUT2D eigenvalue weighted by Crippen LogP contribution is 2.54. The summed E-state index contributed by atoms with van der Waals surface area (Å²) in [6.45, 7) is 6.93. The van der Waals surface area contributed by atoms with Gasteiger partial charge in [0.2, 0.25) is 0 Å². The molecule has 1 aliphatic heterocycles. The Morgan fingerprint density at radius 1 is 1.31 bits per heavy atom. The van der Waals surface area contributed by atoms with E-state index in [1.54, 1.807) is 0 Å². The first kappa shape index (κ1) is 10.4. The lowest BCUT2D eigenvalue weighted by atomic mass is 9.60. The van der Waals surface area contributed by atoms with Gasteiger partial charge >= 0.3 is 0 Å². The number of hydrogen-bond donors (Lipinski definition) is 0. The van der Waals surface area contributed by atoms with E-state index in [9.17, 15) is 0 Å². The van der Waals surface area contributed by atoms with Crippen molar-refractivity contribution in [2.75, 3.05) is 0 Å². The van der Waals surface area contributed by atoms with Crippen molar-refractivity contribution >= 4 is 0 Å². The highest BCUT2D eigenvalue weighted by molar-refractivity contribution is 5.23. The maximum Gasteiger partial charge on any atom is 0.106 e. The number of hydrogen-bond acceptors (Lipinski definition) is 1. The first-order chi connectivity index (χ1) is 7.50. The molecule has 1 heterocycles. The SMILES string of the molecule is CC1(C)OC=C2CC=C[C@@]3(C)CC[C@@H]1[C@@H]2C3. The molecule has 2 bridgehead atoms. The number of allylic oxidation sites excluding steroid dienone is 3. The molecule has 3 rings (SSSR count). The fraction of sp³-hybridized carbons (Fsp3) is 0.733. The molecule has 2 aliphatic carbocycles. The molecule has 3 atom stereocenters. The summed E-state index contributed by atoms with van der Waals surface area (Å²) in [6.07, 6.45) is 11.9. The monoisotopic (exact) mass is 218 g/mol. The zero-order valence-electron chi connectivity index (χ0n) is 10.6. The number of rotatable bonds is 0. The summed E-state index contributed by atoms with van der Waals surface area (Å²) in [7, 11) is 0. The highest BCUT2D eigenvalue weighted by atomic mass is 16.5. The van der Waals surface area contributed by atoms with Crippen LogP contribution in [-0.2, 0) is 4.74 Å². The molecule has 0 N–H and O–H groups in total. The van der Waals surface area contributed by atoms with E-state index in [-0.39, 0.29) is 5.60 Å². The molecule has 16 heavy (non-hydrogen) atoms. The molecule has 1 nitrogen and oxygen atoms in total. The average molecular weight is 218 g/mol. The second-order valence-electron chi connectivity index (χ2n) is 6.63. The van der Waals surface area contributed by atoms with E-state index in [1.807, 2.05) is 0 Å². The van der Waals surface area contributed by atoms with Crippen LogP contribution in [-0.4, -0.2) is 5.60 Å². The maximum atomic E-state index is 5.96. The van der Waals surface area contributed by atoms with Crippen molar-refractivity contribution in [2.24, 2.45) is 17.3 Å². The van der Waals surface area contributed by atoms with Crippen LogP contribution in [0.25, 0.3) is 0 Å². The summed E-state index contributed by atoms with van der Waals surface area (Å²) < 4.78 is 5.96. The van der Waals surface area contributed by atoms with Gasteiger partial charge in [0.1, 0.15) is 5.60 Å². The van der Waals surface area contributed by atoms with Crippen molar-refractivity contribution < 1.29 is 4.74 Å². The van der Waals surface area contributed by atoms with Crippen LogP contribution in [0, 0.1) is 17.3 Å². The van der Waals surface area contributed by atoms with Gasteiger partial charge in [0.25, 0.3) is 0 Å². The van der Waals surface area contributed by atoms with Crippen molar-refractivity contribution in [1.29, 1.82) is 0 Å². The molecule has 0 aromatic carbocycles. The van der Waals surface area contributed by atoms with Crippen LogP contribution < -0.4 is 0 Å². The quantitative estimate of drug-likeness (QED) is 0.557. The molecule has 0 saturated heterocycles. The Hall–Kier alpha value is -0.720. The Labute approximate surface area is 98.6 Å². The molecular formula is C15H22O. The highest BCUT2D eigenvalue weighted by Gasteiger charge is 2.48. The maximum absolute atomic E-state index is 5.96. The minimum Gasteiger partial charge on any atom is -0.495 e. The van der Waals surface area contributed by atoms with Crippen molar-refractivity contribution in [3.63, 3.8) is 0 Å². The van der Waals surface area contributed by atoms with Crippen molar-refractivity contribution in [3.8, 4) is 0 Å². The molecule has 3 aliphatic rings. The molecule has 0 aromatic rings. The first-order valence-electron chi connectivity index (χ1n) is 6.55. The molecule has 0 unspecified atom stereocenters. The summed E-state index contributed by atoms with van der Waals surface area (Å²) in [5.41, 5.74) is 2.02. The van der Waals surface area contributed by atoms with Crippen LogP contribution in [0.15, 0.2) is 24.0 Å². The molecule has 1 saturated carbocycles. The fourth-order valence-electron chi connectivity index (χ4n) is 3.89. The summed E-state index contributed by atoms with van der Waals surface area (Å²) in [4.78, 5) is 0. The van der Waals surface area contributed by atoms with Crippen LogP contribution in [0.3, 0.4) is 0 Å². The van der Waals surface area contributed by atoms with Gasteiger partial charge in [-0.05, 0) is 56.4 Å². The lowest BCUT2D eigenvalue weighted by Gasteiger charge is -2.49. The lowest BCUT2D eigenvalue weighted by molar-refractivity contribution is -0.0638. The molecule has 1 heteroatoms. The molecule has 0 amide bonds. The zero-order valence-corrected chi connectivity index (χ0v) is 10.6. The molecule has 0 spiro atoms. The van der Waals surface area contributed by atoms with Gasteiger partial charge in [-0.15, -0.1) is 0 Å². The largest absolute Gasteiger partial charge is 0.495 e. The van der Waals surface area contributed by atoms with Crippen LogP contribution in [0.2, 0.25) is 0 Å². The average Bonchev–Trinajstić information content (AvgIpc) is 2.33. The third-order valence-electron chi connectivity index (χ3n) is 4.96.